The number of halogens is 1. The number of carbonyl (C=O) groups is 2. The third-order valence-corrected chi connectivity index (χ3v) is 7.73. The van der Waals surface area contributed by atoms with Gasteiger partial charge in [-0.05, 0) is 55.5 Å². The Balaban J connectivity index is 1.37. The van der Waals surface area contributed by atoms with Gasteiger partial charge >= 0.3 is 5.97 Å². The molecule has 3 aromatic rings. The second-order valence-electron chi connectivity index (χ2n) is 7.80. The van der Waals surface area contributed by atoms with Crippen molar-refractivity contribution in [1.29, 1.82) is 0 Å². The summed E-state index contributed by atoms with van der Waals surface area (Å²) in [7, 11) is 3.14. The maximum atomic E-state index is 13.0. The molecule has 2 aromatic heterocycles. The number of aromatic nitrogens is 3. The van der Waals surface area contributed by atoms with Crippen molar-refractivity contribution in [2.45, 2.75) is 43.9 Å². The van der Waals surface area contributed by atoms with E-state index >= 15 is 0 Å². The maximum absolute atomic E-state index is 13.0. The number of hydrogen-bond acceptors (Lipinski definition) is 8. The largest absolute Gasteiger partial charge is 0.486 e. The third-order valence-electron chi connectivity index (χ3n) is 5.50. The molecular weight excluding hydrogens is 479 g/mol. The van der Waals surface area contributed by atoms with E-state index in [4.69, 9.17) is 9.47 Å². The van der Waals surface area contributed by atoms with E-state index in [0.717, 1.165) is 42.5 Å². The number of carbonyl (C=O) groups excluding carboxylic acids is 2. The first-order chi connectivity index (χ1) is 16.5. The van der Waals surface area contributed by atoms with E-state index in [-0.39, 0.29) is 24.1 Å². The maximum Gasteiger partial charge on any atom is 0.341 e. The summed E-state index contributed by atoms with van der Waals surface area (Å²) in [6.45, 7) is 0.158. The summed E-state index contributed by atoms with van der Waals surface area (Å²) < 4.78 is 25.4. The quantitative estimate of drug-likeness (QED) is 0.276. The molecule has 34 heavy (non-hydrogen) atoms. The van der Waals surface area contributed by atoms with Crippen LogP contribution in [0, 0.1) is 5.82 Å². The Morgan fingerprint density at radius 3 is 2.71 bits per heavy atom. The van der Waals surface area contributed by atoms with E-state index in [1.807, 2.05) is 0 Å². The number of anilines is 1. The van der Waals surface area contributed by atoms with Crippen LogP contribution in [0.4, 0.5) is 9.39 Å². The lowest BCUT2D eigenvalue weighted by Crippen LogP contribution is -2.16. The number of fused-ring (bicyclic) bond motifs is 1. The van der Waals surface area contributed by atoms with Crippen LogP contribution in [0.2, 0.25) is 0 Å². The van der Waals surface area contributed by atoms with E-state index in [0.29, 0.717) is 27.3 Å². The van der Waals surface area contributed by atoms with Crippen LogP contribution in [0.25, 0.3) is 0 Å². The number of rotatable bonds is 8. The molecule has 2 heterocycles. The van der Waals surface area contributed by atoms with E-state index in [2.05, 4.69) is 15.5 Å². The summed E-state index contributed by atoms with van der Waals surface area (Å²) in [5.41, 5.74) is 1.50. The SMILES string of the molecule is COC(=O)c1c(NC(=O)CSc2nnc(COc3ccc(F)cc3)n2C)sc2c1CCCCC2. The number of thioether (sulfide) groups is 1. The van der Waals surface area contributed by atoms with Crippen molar-refractivity contribution in [3.8, 4) is 5.75 Å². The second-order valence-corrected chi connectivity index (χ2v) is 9.85. The number of benzene rings is 1. The number of esters is 1. The minimum atomic E-state index is -0.415. The number of ether oxygens (including phenoxy) is 2. The smallest absolute Gasteiger partial charge is 0.341 e. The van der Waals surface area contributed by atoms with Crippen molar-refractivity contribution in [3.05, 3.63) is 51.9 Å². The van der Waals surface area contributed by atoms with Gasteiger partial charge in [0.2, 0.25) is 5.91 Å². The molecule has 1 aromatic carbocycles. The molecule has 11 heteroatoms. The Bertz CT molecular complexity index is 1180. The van der Waals surface area contributed by atoms with Gasteiger partial charge in [-0.15, -0.1) is 21.5 Å². The molecule has 0 aliphatic heterocycles. The zero-order valence-corrected chi connectivity index (χ0v) is 20.6. The fraction of sp³-hybridized carbons (Fsp3) is 0.391. The average Bonchev–Trinajstić information content (AvgIpc) is 3.26. The number of amides is 1. The number of nitrogens with one attached hydrogen (secondary N) is 1. The fourth-order valence-electron chi connectivity index (χ4n) is 3.72. The van der Waals surface area contributed by atoms with Crippen LogP contribution < -0.4 is 10.1 Å². The number of thiophene rings is 1. The van der Waals surface area contributed by atoms with E-state index in [1.54, 1.807) is 23.7 Å². The predicted molar refractivity (Wildman–Crippen MR) is 128 cm³/mol. The van der Waals surface area contributed by atoms with Gasteiger partial charge in [-0.1, -0.05) is 18.2 Å². The van der Waals surface area contributed by atoms with Crippen LogP contribution in [0.15, 0.2) is 29.4 Å². The van der Waals surface area contributed by atoms with Crippen molar-refractivity contribution in [1.82, 2.24) is 14.8 Å². The normalized spacial score (nSPS) is 13.1. The Kier molecular flexibility index (Phi) is 7.84. The first-order valence-electron chi connectivity index (χ1n) is 10.9. The molecule has 180 valence electrons. The van der Waals surface area contributed by atoms with Gasteiger partial charge in [-0.3, -0.25) is 4.79 Å². The molecule has 1 aliphatic carbocycles. The number of hydrogen-bond donors (Lipinski definition) is 1. The Morgan fingerprint density at radius 2 is 1.94 bits per heavy atom. The van der Waals surface area contributed by atoms with Crippen LogP contribution in [0.1, 0.15) is 45.9 Å². The van der Waals surface area contributed by atoms with Gasteiger partial charge in [0.25, 0.3) is 0 Å². The first-order valence-corrected chi connectivity index (χ1v) is 12.7. The molecule has 0 fully saturated rings. The molecular formula is C23H25FN4O4S2. The summed E-state index contributed by atoms with van der Waals surface area (Å²) in [5.74, 6) is 0.213. The van der Waals surface area contributed by atoms with Crippen molar-refractivity contribution in [2.24, 2.45) is 7.05 Å². The lowest BCUT2D eigenvalue weighted by molar-refractivity contribution is -0.113. The first kappa shape index (κ1) is 24.2. The fourth-order valence-corrected chi connectivity index (χ4v) is 5.74. The third kappa shape index (κ3) is 5.58. The molecule has 0 radical (unpaired) electrons. The summed E-state index contributed by atoms with van der Waals surface area (Å²) in [5, 5.41) is 12.2. The molecule has 1 amide bonds. The van der Waals surface area contributed by atoms with Crippen LogP contribution in [0.3, 0.4) is 0 Å². The zero-order valence-electron chi connectivity index (χ0n) is 18.9. The molecule has 0 saturated heterocycles. The molecule has 0 spiro atoms. The lowest BCUT2D eigenvalue weighted by atomic mass is 10.1. The van der Waals surface area contributed by atoms with Gasteiger partial charge in [-0.2, -0.15) is 0 Å². The van der Waals surface area contributed by atoms with Crippen molar-refractivity contribution in [2.75, 3.05) is 18.2 Å². The van der Waals surface area contributed by atoms with Gasteiger partial charge in [0, 0.05) is 11.9 Å². The van der Waals surface area contributed by atoms with Gasteiger partial charge in [-0.25, -0.2) is 9.18 Å². The Morgan fingerprint density at radius 1 is 1.18 bits per heavy atom. The highest BCUT2D eigenvalue weighted by Gasteiger charge is 2.26. The van der Waals surface area contributed by atoms with E-state index in [9.17, 15) is 14.0 Å². The summed E-state index contributed by atoms with van der Waals surface area (Å²) >= 11 is 2.70. The molecule has 4 rings (SSSR count). The summed E-state index contributed by atoms with van der Waals surface area (Å²) in [6, 6.07) is 5.73. The zero-order chi connectivity index (χ0) is 24.1. The Labute approximate surface area is 204 Å². The average molecular weight is 505 g/mol. The highest BCUT2D eigenvalue weighted by Crippen LogP contribution is 2.38. The number of nitrogens with zero attached hydrogens (tertiary/aromatic N) is 3. The van der Waals surface area contributed by atoms with Crippen molar-refractivity contribution in [3.63, 3.8) is 0 Å². The van der Waals surface area contributed by atoms with Crippen LogP contribution >= 0.6 is 23.1 Å². The predicted octanol–water partition coefficient (Wildman–Crippen LogP) is 4.38. The molecule has 1 N–H and O–H groups in total. The second kappa shape index (κ2) is 11.0. The van der Waals surface area contributed by atoms with E-state index in [1.165, 1.54) is 42.3 Å². The molecule has 8 nitrogen and oxygen atoms in total. The van der Waals surface area contributed by atoms with E-state index < -0.39 is 5.97 Å². The Hall–Kier alpha value is -2.92. The molecule has 0 atom stereocenters. The molecule has 0 bridgehead atoms. The highest BCUT2D eigenvalue weighted by molar-refractivity contribution is 7.99. The monoisotopic (exact) mass is 504 g/mol. The van der Waals surface area contributed by atoms with Crippen LogP contribution in [-0.2, 0) is 36.0 Å². The standard InChI is InChI=1S/C23H25FN4O4S2/c1-28-18(12-32-15-10-8-14(24)9-11-15)26-27-23(28)33-13-19(29)25-21-20(22(30)31-2)16-6-4-3-5-7-17(16)34-21/h8-11H,3-7,12-13H2,1-2H3,(H,25,29). The minimum Gasteiger partial charge on any atom is -0.486 e. The molecule has 1 aliphatic rings. The van der Waals surface area contributed by atoms with Crippen molar-refractivity contribution < 1.29 is 23.5 Å². The van der Waals surface area contributed by atoms with Crippen LogP contribution in [0.5, 0.6) is 5.75 Å². The summed E-state index contributed by atoms with van der Waals surface area (Å²) in [6.07, 6.45) is 4.97. The topological polar surface area (TPSA) is 95.3 Å². The van der Waals surface area contributed by atoms with Crippen LogP contribution in [-0.4, -0.2) is 39.5 Å². The minimum absolute atomic E-state index is 0.105. The summed E-state index contributed by atoms with van der Waals surface area (Å²) in [4.78, 5) is 26.3. The highest BCUT2D eigenvalue weighted by atomic mass is 32.2. The number of aryl methyl sites for hydroxylation is 1. The van der Waals surface area contributed by atoms with Gasteiger partial charge in [0.15, 0.2) is 11.0 Å². The molecule has 0 unspecified atom stereocenters. The molecule has 0 saturated carbocycles. The number of methoxy groups -OCH3 is 1. The van der Waals surface area contributed by atoms with Gasteiger partial charge < -0.3 is 19.4 Å². The van der Waals surface area contributed by atoms with Gasteiger partial charge in [0.1, 0.15) is 23.2 Å². The van der Waals surface area contributed by atoms with Gasteiger partial charge in [0.05, 0.1) is 18.4 Å². The lowest BCUT2D eigenvalue weighted by Gasteiger charge is -2.08. The van der Waals surface area contributed by atoms with Crippen molar-refractivity contribution >= 4 is 40.0 Å².